The lowest BCUT2D eigenvalue weighted by molar-refractivity contribution is -0.150. The van der Waals surface area contributed by atoms with Gasteiger partial charge in [0.25, 0.3) is 0 Å². The molecule has 0 fully saturated rings. The fraction of sp³-hybridized carbons (Fsp3) is 0.447. The van der Waals surface area contributed by atoms with Crippen LogP contribution in [0.1, 0.15) is 90.0 Å². The van der Waals surface area contributed by atoms with E-state index in [1.807, 2.05) is 57.2 Å². The molecule has 0 saturated carbocycles. The van der Waals surface area contributed by atoms with Gasteiger partial charge in [0.15, 0.2) is 24.8 Å². The quantitative estimate of drug-likeness (QED) is 0.136. The van der Waals surface area contributed by atoms with Crippen molar-refractivity contribution in [3.8, 4) is 11.1 Å². The molecule has 0 saturated heterocycles. The number of hydrogen-bond acceptors (Lipinski definition) is 8. The van der Waals surface area contributed by atoms with E-state index in [2.05, 4.69) is 5.32 Å². The predicted molar refractivity (Wildman–Crippen MR) is 181 cm³/mol. The number of hydrogen-bond donors (Lipinski definition) is 1. The summed E-state index contributed by atoms with van der Waals surface area (Å²) in [5, 5.41) is 4.28. The van der Waals surface area contributed by atoms with Gasteiger partial charge in [0.1, 0.15) is 11.6 Å². The van der Waals surface area contributed by atoms with E-state index >= 15 is 0 Å². The van der Waals surface area contributed by atoms with Crippen LogP contribution >= 0.6 is 0 Å². The van der Waals surface area contributed by atoms with Crippen molar-refractivity contribution in [3.05, 3.63) is 71.8 Å². The van der Waals surface area contributed by atoms with Crippen LogP contribution in [0.5, 0.6) is 0 Å². The zero-order chi connectivity index (χ0) is 35.3. The summed E-state index contributed by atoms with van der Waals surface area (Å²) < 4.78 is 15.9. The number of amides is 1. The second kappa shape index (κ2) is 14.5. The summed E-state index contributed by atoms with van der Waals surface area (Å²) in [7, 11) is 0. The number of carbonyl (C=O) groups excluding carboxylic acids is 5. The molecule has 2 atom stereocenters. The van der Waals surface area contributed by atoms with E-state index in [4.69, 9.17) is 14.2 Å². The Labute approximate surface area is 277 Å². The molecule has 0 aliphatic heterocycles. The average molecular weight is 646 g/mol. The Hall–Kier alpha value is -4.53. The number of esters is 2. The zero-order valence-electron chi connectivity index (χ0n) is 29.1. The summed E-state index contributed by atoms with van der Waals surface area (Å²) >= 11 is 0. The Balaban J connectivity index is 1.64. The maximum absolute atomic E-state index is 13.0. The van der Waals surface area contributed by atoms with Crippen LogP contribution in [-0.4, -0.2) is 54.5 Å². The number of ketones is 2. The molecule has 0 spiro atoms. The minimum atomic E-state index is -1.02. The Bertz CT molecular complexity index is 1640. The van der Waals surface area contributed by atoms with Crippen molar-refractivity contribution in [1.29, 1.82) is 0 Å². The Morgan fingerprint density at radius 3 is 1.66 bits per heavy atom. The minimum absolute atomic E-state index is 0.257. The van der Waals surface area contributed by atoms with Gasteiger partial charge in [0.05, 0.1) is 5.92 Å². The third-order valence-electron chi connectivity index (χ3n) is 7.81. The molecule has 0 heterocycles. The van der Waals surface area contributed by atoms with Crippen molar-refractivity contribution in [3.63, 3.8) is 0 Å². The van der Waals surface area contributed by atoms with Crippen molar-refractivity contribution in [2.75, 3.05) is 13.2 Å². The lowest BCUT2D eigenvalue weighted by atomic mass is 9.82. The standard InChI is InChI=1S/C38H47NO8/c1-23(36(2,3)4)33(42)45-21-30(40)25-13-11-24(12-14-25)26-15-16-28-20-29(18-17-27(28)19-26)31(41)22-46-34(43)32(37(5,6)7)39-35(44)47-38(8,9)10/h11-20,23,32H,21-22H2,1-10H3,(H,39,44)/t23-,32-/m1/s1. The van der Waals surface area contributed by atoms with Gasteiger partial charge >= 0.3 is 18.0 Å². The molecule has 47 heavy (non-hydrogen) atoms. The van der Waals surface area contributed by atoms with Gasteiger partial charge in [-0.3, -0.25) is 14.4 Å². The number of nitrogens with one attached hydrogen (secondary N) is 1. The largest absolute Gasteiger partial charge is 0.457 e. The number of alkyl carbamates (subject to hydrolysis) is 1. The van der Waals surface area contributed by atoms with Gasteiger partial charge in [-0.2, -0.15) is 0 Å². The van der Waals surface area contributed by atoms with Gasteiger partial charge in [-0.15, -0.1) is 0 Å². The van der Waals surface area contributed by atoms with Crippen LogP contribution in [0.25, 0.3) is 21.9 Å². The summed E-state index contributed by atoms with van der Waals surface area (Å²) in [4.78, 5) is 63.1. The first-order valence-electron chi connectivity index (χ1n) is 15.7. The first kappa shape index (κ1) is 36.9. The van der Waals surface area contributed by atoms with Gasteiger partial charge in [-0.25, -0.2) is 9.59 Å². The van der Waals surface area contributed by atoms with Crippen LogP contribution in [0.3, 0.4) is 0 Å². The number of benzene rings is 3. The third-order valence-corrected chi connectivity index (χ3v) is 7.81. The van der Waals surface area contributed by atoms with Crippen molar-refractivity contribution in [2.24, 2.45) is 16.7 Å². The number of carbonyl (C=O) groups is 5. The molecule has 0 unspecified atom stereocenters. The fourth-order valence-electron chi connectivity index (χ4n) is 4.50. The van der Waals surface area contributed by atoms with Crippen LogP contribution in [0.15, 0.2) is 60.7 Å². The number of rotatable bonds is 10. The molecule has 0 aliphatic carbocycles. The maximum atomic E-state index is 13.0. The number of fused-ring (bicyclic) bond motifs is 1. The highest BCUT2D eigenvalue weighted by molar-refractivity contribution is 6.02. The van der Waals surface area contributed by atoms with Crippen molar-refractivity contribution < 1.29 is 38.2 Å². The molecule has 9 heteroatoms. The Morgan fingerprint density at radius 2 is 1.11 bits per heavy atom. The molecular weight excluding hydrogens is 598 g/mol. The van der Waals surface area contributed by atoms with Crippen molar-refractivity contribution in [1.82, 2.24) is 5.32 Å². The van der Waals surface area contributed by atoms with Gasteiger partial charge < -0.3 is 19.5 Å². The van der Waals surface area contributed by atoms with Crippen LogP contribution in [0, 0.1) is 16.7 Å². The lowest BCUT2D eigenvalue weighted by Crippen LogP contribution is -2.51. The summed E-state index contributed by atoms with van der Waals surface area (Å²) in [5.41, 5.74) is 0.955. The number of ether oxygens (including phenoxy) is 3. The topological polar surface area (TPSA) is 125 Å². The molecule has 1 N–H and O–H groups in total. The molecule has 3 rings (SSSR count). The highest BCUT2D eigenvalue weighted by Gasteiger charge is 2.36. The lowest BCUT2D eigenvalue weighted by Gasteiger charge is -2.30. The van der Waals surface area contributed by atoms with E-state index in [9.17, 15) is 24.0 Å². The first-order valence-corrected chi connectivity index (χ1v) is 15.7. The molecular formula is C38H47NO8. The molecule has 1 amide bonds. The molecule has 3 aromatic rings. The summed E-state index contributed by atoms with van der Waals surface area (Å²) in [6.45, 7) is 17.3. The molecule has 0 bridgehead atoms. The van der Waals surface area contributed by atoms with Gasteiger partial charge in [0, 0.05) is 11.1 Å². The van der Waals surface area contributed by atoms with E-state index in [-0.39, 0.29) is 29.5 Å². The van der Waals surface area contributed by atoms with E-state index in [0.29, 0.717) is 11.1 Å². The minimum Gasteiger partial charge on any atom is -0.457 e. The SMILES string of the molecule is C[C@H](C(=O)OCC(=O)c1ccc(-c2ccc3cc(C(=O)COC(=O)[C@@H](NC(=O)OC(C)(C)C)C(C)(C)C)ccc3c2)cc1)C(C)(C)C. The van der Waals surface area contributed by atoms with Crippen LogP contribution in [-0.2, 0) is 23.8 Å². The second-order valence-electron chi connectivity index (χ2n) is 14.9. The third kappa shape index (κ3) is 10.5. The Morgan fingerprint density at radius 1 is 0.617 bits per heavy atom. The van der Waals surface area contributed by atoms with E-state index in [0.717, 1.165) is 21.9 Å². The summed E-state index contributed by atoms with van der Waals surface area (Å²) in [6, 6.07) is 17.1. The van der Waals surface area contributed by atoms with Crippen LogP contribution in [0.4, 0.5) is 4.79 Å². The molecule has 252 valence electrons. The summed E-state index contributed by atoms with van der Waals surface area (Å²) in [6.07, 6.45) is -0.747. The van der Waals surface area contributed by atoms with Crippen molar-refractivity contribution >= 4 is 40.4 Å². The van der Waals surface area contributed by atoms with Crippen LogP contribution < -0.4 is 5.32 Å². The monoisotopic (exact) mass is 645 g/mol. The second-order valence-corrected chi connectivity index (χ2v) is 14.9. The van der Waals surface area contributed by atoms with E-state index in [1.165, 1.54) is 0 Å². The molecule has 3 aromatic carbocycles. The molecule has 0 aliphatic rings. The van der Waals surface area contributed by atoms with E-state index in [1.54, 1.807) is 72.7 Å². The van der Waals surface area contributed by atoms with Gasteiger partial charge in [-0.1, -0.05) is 97.0 Å². The first-order chi connectivity index (χ1) is 21.7. The molecule has 0 radical (unpaired) electrons. The highest BCUT2D eigenvalue weighted by Crippen LogP contribution is 2.28. The van der Waals surface area contributed by atoms with Gasteiger partial charge in [-0.05, 0) is 65.6 Å². The summed E-state index contributed by atoms with van der Waals surface area (Å²) in [5.74, 6) is -2.12. The number of Topliss-reactive ketones (excluding diaryl/α,β-unsaturated/α-hetero) is 2. The Kier molecular flexibility index (Phi) is 11.4. The van der Waals surface area contributed by atoms with E-state index < -0.39 is 41.7 Å². The van der Waals surface area contributed by atoms with Crippen LogP contribution in [0.2, 0.25) is 0 Å². The zero-order valence-corrected chi connectivity index (χ0v) is 29.1. The average Bonchev–Trinajstić information content (AvgIpc) is 2.98. The molecule has 9 nitrogen and oxygen atoms in total. The van der Waals surface area contributed by atoms with Crippen molar-refractivity contribution in [2.45, 2.75) is 80.9 Å². The van der Waals surface area contributed by atoms with Gasteiger partial charge in [0.2, 0.25) is 0 Å². The normalized spacial score (nSPS) is 13.3. The fourth-order valence-corrected chi connectivity index (χ4v) is 4.50. The molecule has 0 aromatic heterocycles. The smallest absolute Gasteiger partial charge is 0.408 e. The highest BCUT2D eigenvalue weighted by atomic mass is 16.6. The predicted octanol–water partition coefficient (Wildman–Crippen LogP) is 7.58. The maximum Gasteiger partial charge on any atom is 0.408 e.